The lowest BCUT2D eigenvalue weighted by molar-refractivity contribution is -0.264. The molecule has 1 aliphatic rings. The average Bonchev–Trinajstić information content (AvgIpc) is 3.66. The highest BCUT2D eigenvalue weighted by Gasteiger charge is 2.55. The monoisotopic (exact) mass is 966 g/mol. The van der Waals surface area contributed by atoms with Crippen molar-refractivity contribution in [3.63, 3.8) is 0 Å². The van der Waals surface area contributed by atoms with E-state index in [1.54, 1.807) is 114 Å². The molecule has 7 atom stereocenters. The van der Waals surface area contributed by atoms with Crippen molar-refractivity contribution in [3.8, 4) is 0 Å². The maximum absolute atomic E-state index is 14.7. The van der Waals surface area contributed by atoms with Gasteiger partial charge >= 0.3 is 30.0 Å². The van der Waals surface area contributed by atoms with Crippen LogP contribution in [-0.2, 0) is 70.2 Å². The second kappa shape index (κ2) is 23.1. The van der Waals surface area contributed by atoms with Gasteiger partial charge in [0, 0.05) is 23.5 Å². The van der Waals surface area contributed by atoms with Crippen molar-refractivity contribution in [3.05, 3.63) is 71.9 Å². The number of fused-ring (bicyclic) bond motifs is 1. The van der Waals surface area contributed by atoms with Crippen molar-refractivity contribution in [1.82, 2.24) is 20.9 Å². The van der Waals surface area contributed by atoms with Crippen molar-refractivity contribution >= 4 is 64.4 Å². The van der Waals surface area contributed by atoms with Gasteiger partial charge in [0.25, 0.3) is 0 Å². The van der Waals surface area contributed by atoms with Crippen molar-refractivity contribution in [2.24, 2.45) is 21.7 Å². The number of aromatic nitrogens is 1. The highest BCUT2D eigenvalue weighted by atomic mass is 32.2. The van der Waals surface area contributed by atoms with E-state index in [4.69, 9.17) is 28.4 Å². The molecular weight excluding hydrogens is 897 g/mol. The summed E-state index contributed by atoms with van der Waals surface area (Å²) in [5.74, 6) is -4.05. The zero-order valence-electron chi connectivity index (χ0n) is 41.6. The summed E-state index contributed by atoms with van der Waals surface area (Å²) in [5, 5.41) is 9.09. The van der Waals surface area contributed by atoms with E-state index in [0.717, 1.165) is 16.5 Å². The maximum atomic E-state index is 14.7. The fraction of sp³-hybridized carbons (Fsp3) is 0.580. The van der Waals surface area contributed by atoms with Crippen molar-refractivity contribution in [1.29, 1.82) is 0 Å². The number of hydrogen-bond acceptors (Lipinski definition) is 14. The molecule has 0 spiro atoms. The van der Waals surface area contributed by atoms with Gasteiger partial charge in [-0.15, -0.1) is 0 Å². The predicted octanol–water partition coefficient (Wildman–Crippen LogP) is 6.55. The fourth-order valence-electron chi connectivity index (χ4n) is 6.50. The quantitative estimate of drug-likeness (QED) is 0.0832. The number of alkyl carbamates (subject to hydrolysis) is 1. The largest absolute Gasteiger partial charge is 0.462 e. The minimum Gasteiger partial charge on any atom is -0.462 e. The number of esters is 4. The van der Waals surface area contributed by atoms with E-state index in [0.29, 0.717) is 11.3 Å². The third kappa shape index (κ3) is 15.7. The molecule has 1 fully saturated rings. The Labute approximate surface area is 403 Å². The molecule has 2 heterocycles. The molecule has 2 aromatic carbocycles. The van der Waals surface area contributed by atoms with Crippen LogP contribution in [0.1, 0.15) is 101 Å². The van der Waals surface area contributed by atoms with Crippen LogP contribution in [-0.4, -0.2) is 108 Å². The van der Waals surface area contributed by atoms with E-state index in [2.05, 4.69) is 20.9 Å². The first-order valence-corrected chi connectivity index (χ1v) is 24.1. The standard InChI is InChI=1S/C50H70N4O13S/c1-47(2,3)42(57)62-28-35-36(65-43(58)48(4,5)6)37(66-44(59)49(7,8)9)38(67-45(60)50(10,11)12)41(64-35)54-39(55)33(23-24-68-13)52-40(56)34(25-30-26-51-32-22-18-17-21-31(30)32)53-46(61)63-27-29-19-15-14-16-20-29/h14-22,26,33-38,41,51H,23-25,27-28H2,1-13H3,(H,52,56)(H,53,61)(H,54,55)/t33-,34-,35+,36-,37-,38+,41+/m0/s1. The number of nitrogens with one attached hydrogen (secondary N) is 4. The second-order valence-corrected chi connectivity index (χ2v) is 22.0. The molecule has 4 rings (SSSR count). The minimum atomic E-state index is -1.66. The van der Waals surface area contributed by atoms with E-state index >= 15 is 0 Å². The van der Waals surface area contributed by atoms with E-state index in [9.17, 15) is 33.6 Å². The first kappa shape index (κ1) is 55.0. The second-order valence-electron chi connectivity index (χ2n) is 21.0. The number of rotatable bonds is 17. The molecule has 1 aromatic heterocycles. The Balaban J connectivity index is 1.76. The number of benzene rings is 2. The van der Waals surface area contributed by atoms with Gasteiger partial charge in [0.05, 0.1) is 21.7 Å². The molecule has 3 aromatic rings. The van der Waals surface area contributed by atoms with E-state index < -0.39 is 113 Å². The van der Waals surface area contributed by atoms with Crippen LogP contribution in [0.3, 0.4) is 0 Å². The van der Waals surface area contributed by atoms with Gasteiger partial charge in [-0.25, -0.2) is 4.79 Å². The SMILES string of the molecule is CSCC[C@H](NC(=O)[C@H](Cc1c[nH]c2ccccc12)NC(=O)OCc1ccccc1)C(=O)N[C@@H]1O[C@H](COC(=O)C(C)(C)C)[C@H](OC(=O)C(C)(C)C)[C@H](OC(=O)C(C)(C)C)[C@H]1OC(=O)C(C)(C)C. The number of H-pyrrole nitrogens is 1. The van der Waals surface area contributed by atoms with Gasteiger partial charge in [0.1, 0.15) is 31.4 Å². The number of carbonyl (C=O) groups is 7. The molecule has 0 unspecified atom stereocenters. The highest BCUT2D eigenvalue weighted by Crippen LogP contribution is 2.34. The molecule has 3 amide bonds. The number of carbonyl (C=O) groups excluding carboxylic acids is 7. The molecule has 1 aliphatic heterocycles. The van der Waals surface area contributed by atoms with Gasteiger partial charge in [-0.3, -0.25) is 28.8 Å². The number of aromatic amines is 1. The number of thioether (sulfide) groups is 1. The van der Waals surface area contributed by atoms with Gasteiger partial charge in [0.15, 0.2) is 24.5 Å². The van der Waals surface area contributed by atoms with Gasteiger partial charge in [-0.1, -0.05) is 48.5 Å². The Kier molecular flexibility index (Phi) is 18.7. The predicted molar refractivity (Wildman–Crippen MR) is 256 cm³/mol. The van der Waals surface area contributed by atoms with Crippen molar-refractivity contribution in [2.75, 3.05) is 18.6 Å². The van der Waals surface area contributed by atoms with Gasteiger partial charge < -0.3 is 49.4 Å². The Morgan fingerprint density at radius 1 is 0.647 bits per heavy atom. The first-order valence-electron chi connectivity index (χ1n) is 22.7. The van der Waals surface area contributed by atoms with Gasteiger partial charge in [-0.2, -0.15) is 11.8 Å². The summed E-state index contributed by atoms with van der Waals surface area (Å²) in [6, 6.07) is 14.0. The smallest absolute Gasteiger partial charge is 0.408 e. The lowest BCUT2D eigenvalue weighted by atomic mass is 9.92. The molecule has 4 N–H and O–H groups in total. The maximum Gasteiger partial charge on any atom is 0.408 e. The van der Waals surface area contributed by atoms with E-state index in [-0.39, 0.29) is 19.4 Å². The molecule has 68 heavy (non-hydrogen) atoms. The first-order chi connectivity index (χ1) is 31.6. The molecule has 0 saturated carbocycles. The fourth-order valence-corrected chi connectivity index (χ4v) is 6.97. The lowest BCUT2D eigenvalue weighted by Crippen LogP contribution is -2.68. The summed E-state index contributed by atoms with van der Waals surface area (Å²) in [6.07, 6.45) is -5.06. The van der Waals surface area contributed by atoms with E-state index in [1.807, 2.05) is 36.6 Å². The number of ether oxygens (including phenoxy) is 6. The van der Waals surface area contributed by atoms with Crippen LogP contribution >= 0.6 is 11.8 Å². The third-order valence-corrected chi connectivity index (χ3v) is 11.3. The average molecular weight is 967 g/mol. The highest BCUT2D eigenvalue weighted by molar-refractivity contribution is 7.98. The van der Waals surface area contributed by atoms with Crippen LogP contribution in [0.4, 0.5) is 4.79 Å². The Morgan fingerprint density at radius 3 is 1.76 bits per heavy atom. The van der Waals surface area contributed by atoms with Crippen LogP contribution in [0.25, 0.3) is 10.9 Å². The number of hydrogen-bond donors (Lipinski definition) is 4. The van der Waals surface area contributed by atoms with Gasteiger partial charge in [0.2, 0.25) is 11.8 Å². The van der Waals surface area contributed by atoms with E-state index in [1.165, 1.54) is 11.8 Å². The van der Waals surface area contributed by atoms with Crippen LogP contribution in [0.5, 0.6) is 0 Å². The topological polar surface area (TPSA) is 227 Å². The number of para-hydroxylation sites is 1. The molecule has 17 nitrogen and oxygen atoms in total. The molecule has 1 saturated heterocycles. The third-order valence-electron chi connectivity index (χ3n) is 10.6. The molecule has 0 bridgehead atoms. The zero-order valence-corrected chi connectivity index (χ0v) is 42.4. The summed E-state index contributed by atoms with van der Waals surface area (Å²) < 4.78 is 35.9. The summed E-state index contributed by atoms with van der Waals surface area (Å²) in [7, 11) is 0. The van der Waals surface area contributed by atoms with Gasteiger partial charge in [-0.05, 0) is 119 Å². The number of amides is 3. The molecular formula is C50H70N4O13S. The Bertz CT molecular complexity index is 2240. The summed E-state index contributed by atoms with van der Waals surface area (Å²) in [4.78, 5) is 100. The minimum absolute atomic E-state index is 0.00812. The normalized spacial score (nSPS) is 19.7. The molecule has 0 aliphatic carbocycles. The van der Waals surface area contributed by atoms with Crippen LogP contribution in [0.2, 0.25) is 0 Å². The van der Waals surface area contributed by atoms with Crippen LogP contribution in [0.15, 0.2) is 60.8 Å². The Hall–Kier alpha value is -5.62. The summed E-state index contributed by atoms with van der Waals surface area (Å²) in [5.41, 5.74) is -2.05. The van der Waals surface area contributed by atoms with Crippen molar-refractivity contribution in [2.45, 2.75) is 145 Å². The molecule has 18 heteroatoms. The lowest BCUT2D eigenvalue weighted by Gasteiger charge is -2.46. The molecule has 374 valence electrons. The van der Waals surface area contributed by atoms with Crippen molar-refractivity contribution < 1.29 is 62.0 Å². The molecule has 0 radical (unpaired) electrons. The Morgan fingerprint density at radius 2 is 1.19 bits per heavy atom. The van der Waals surface area contributed by atoms with Crippen LogP contribution in [0, 0.1) is 21.7 Å². The summed E-state index contributed by atoms with van der Waals surface area (Å²) >= 11 is 1.41. The zero-order chi connectivity index (χ0) is 50.8. The van der Waals surface area contributed by atoms with Crippen LogP contribution < -0.4 is 16.0 Å². The summed E-state index contributed by atoms with van der Waals surface area (Å²) in [6.45, 7) is 18.8.